The standard InChI is InChI=1S/C11H11N3O3/c1-2-5-8(12)11(15)13-9-6-3-4-7-10(9)14(16)17/h1,3-4,6-8H,5,12H2,(H,13,15). The molecule has 0 fully saturated rings. The Morgan fingerprint density at radius 1 is 1.59 bits per heavy atom. The van der Waals surface area contributed by atoms with Gasteiger partial charge in [-0.2, -0.15) is 0 Å². The maximum Gasteiger partial charge on any atom is 0.292 e. The lowest BCUT2D eigenvalue weighted by Gasteiger charge is -2.09. The lowest BCUT2D eigenvalue weighted by molar-refractivity contribution is -0.383. The van der Waals surface area contributed by atoms with E-state index in [1.807, 2.05) is 0 Å². The van der Waals surface area contributed by atoms with Crippen LogP contribution in [-0.4, -0.2) is 16.9 Å². The second kappa shape index (κ2) is 5.63. The van der Waals surface area contributed by atoms with Crippen LogP contribution in [0.15, 0.2) is 24.3 Å². The molecule has 0 aliphatic heterocycles. The van der Waals surface area contributed by atoms with Crippen LogP contribution in [-0.2, 0) is 4.79 Å². The monoisotopic (exact) mass is 233 g/mol. The number of nitrogens with zero attached hydrogens (tertiary/aromatic N) is 1. The van der Waals surface area contributed by atoms with E-state index in [-0.39, 0.29) is 17.8 Å². The summed E-state index contributed by atoms with van der Waals surface area (Å²) in [6, 6.07) is 4.94. The molecule has 1 aromatic rings. The van der Waals surface area contributed by atoms with Crippen LogP contribution in [0.3, 0.4) is 0 Å². The first-order chi connectivity index (χ1) is 8.06. The summed E-state index contributed by atoms with van der Waals surface area (Å²) in [5.41, 5.74) is 5.40. The minimum absolute atomic E-state index is 0.0759. The molecule has 0 spiro atoms. The third-order valence-corrected chi connectivity index (χ3v) is 2.03. The first kappa shape index (κ1) is 12.7. The maximum absolute atomic E-state index is 11.5. The predicted octanol–water partition coefficient (Wildman–Crippen LogP) is 0.884. The van der Waals surface area contributed by atoms with E-state index in [2.05, 4.69) is 11.2 Å². The van der Waals surface area contributed by atoms with E-state index in [0.717, 1.165) is 0 Å². The van der Waals surface area contributed by atoms with Gasteiger partial charge in [0.25, 0.3) is 5.69 Å². The van der Waals surface area contributed by atoms with Crippen molar-refractivity contribution < 1.29 is 9.72 Å². The maximum atomic E-state index is 11.5. The molecule has 1 rings (SSSR count). The molecule has 6 heteroatoms. The topological polar surface area (TPSA) is 98.3 Å². The number of hydrogen-bond donors (Lipinski definition) is 2. The van der Waals surface area contributed by atoms with Crippen LogP contribution in [0.4, 0.5) is 11.4 Å². The van der Waals surface area contributed by atoms with Crippen molar-refractivity contribution in [1.29, 1.82) is 0 Å². The number of nitrogens with one attached hydrogen (secondary N) is 1. The van der Waals surface area contributed by atoms with E-state index in [1.54, 1.807) is 6.07 Å². The summed E-state index contributed by atoms with van der Waals surface area (Å²) in [5, 5.41) is 13.1. The Morgan fingerprint density at radius 3 is 2.82 bits per heavy atom. The number of rotatable bonds is 4. The van der Waals surface area contributed by atoms with Crippen LogP contribution < -0.4 is 11.1 Å². The summed E-state index contributed by atoms with van der Waals surface area (Å²) < 4.78 is 0. The third-order valence-electron chi connectivity index (χ3n) is 2.03. The van der Waals surface area contributed by atoms with E-state index >= 15 is 0 Å². The Morgan fingerprint density at radius 2 is 2.24 bits per heavy atom. The van der Waals surface area contributed by atoms with Gasteiger partial charge in [0.1, 0.15) is 5.69 Å². The molecule has 88 valence electrons. The summed E-state index contributed by atoms with van der Waals surface area (Å²) in [6.07, 6.45) is 5.10. The molecule has 0 radical (unpaired) electrons. The molecule has 0 saturated heterocycles. The van der Waals surface area contributed by atoms with E-state index in [4.69, 9.17) is 12.2 Å². The molecule has 0 saturated carbocycles. The molecule has 0 aliphatic carbocycles. The Balaban J connectivity index is 2.85. The number of para-hydroxylation sites is 2. The summed E-state index contributed by atoms with van der Waals surface area (Å²) >= 11 is 0. The van der Waals surface area contributed by atoms with Crippen LogP contribution in [0, 0.1) is 22.5 Å². The molecule has 0 aliphatic rings. The number of nitrogens with two attached hydrogens (primary N) is 1. The van der Waals surface area contributed by atoms with Crippen molar-refractivity contribution in [3.05, 3.63) is 34.4 Å². The SMILES string of the molecule is C#CCC(N)C(=O)Nc1ccccc1[N+](=O)[O-]. The minimum atomic E-state index is -0.875. The number of carbonyl (C=O) groups excluding carboxylic acids is 1. The Bertz CT molecular complexity index is 479. The largest absolute Gasteiger partial charge is 0.319 e. The number of nitro benzene ring substituents is 1. The quantitative estimate of drug-likeness (QED) is 0.458. The van der Waals surface area contributed by atoms with Crippen molar-refractivity contribution >= 4 is 17.3 Å². The van der Waals surface area contributed by atoms with Crippen LogP contribution in [0.25, 0.3) is 0 Å². The molecule has 1 amide bonds. The van der Waals surface area contributed by atoms with Gasteiger partial charge in [-0.15, -0.1) is 12.3 Å². The molecular formula is C11H11N3O3. The molecule has 1 unspecified atom stereocenters. The zero-order valence-corrected chi connectivity index (χ0v) is 8.92. The molecule has 0 bridgehead atoms. The second-order valence-corrected chi connectivity index (χ2v) is 3.28. The molecule has 3 N–H and O–H groups in total. The number of hydrogen-bond acceptors (Lipinski definition) is 4. The molecule has 1 atom stereocenters. The number of anilines is 1. The minimum Gasteiger partial charge on any atom is -0.319 e. The van der Waals surface area contributed by atoms with Crippen molar-refractivity contribution in [2.24, 2.45) is 5.73 Å². The van der Waals surface area contributed by atoms with Crippen molar-refractivity contribution in [2.45, 2.75) is 12.5 Å². The average molecular weight is 233 g/mol. The highest BCUT2D eigenvalue weighted by Crippen LogP contribution is 2.23. The second-order valence-electron chi connectivity index (χ2n) is 3.28. The van der Waals surface area contributed by atoms with Crippen molar-refractivity contribution in [3.8, 4) is 12.3 Å². The molecule has 6 nitrogen and oxygen atoms in total. The third kappa shape index (κ3) is 3.29. The lowest BCUT2D eigenvalue weighted by atomic mass is 10.2. The predicted molar refractivity (Wildman–Crippen MR) is 63.2 cm³/mol. The summed E-state index contributed by atoms with van der Waals surface area (Å²) in [5.74, 6) is 1.71. The summed E-state index contributed by atoms with van der Waals surface area (Å²) in [6.45, 7) is 0. The average Bonchev–Trinajstić information content (AvgIpc) is 2.29. The van der Waals surface area contributed by atoms with Gasteiger partial charge in [-0.25, -0.2) is 0 Å². The van der Waals surface area contributed by atoms with Crippen LogP contribution >= 0.6 is 0 Å². The zero-order valence-electron chi connectivity index (χ0n) is 8.92. The van der Waals surface area contributed by atoms with Gasteiger partial charge in [-0.05, 0) is 6.07 Å². The van der Waals surface area contributed by atoms with Gasteiger partial charge in [0.05, 0.1) is 11.0 Å². The fraction of sp³-hybridized carbons (Fsp3) is 0.182. The van der Waals surface area contributed by atoms with E-state index in [0.29, 0.717) is 0 Å². The first-order valence-electron chi connectivity index (χ1n) is 4.79. The van der Waals surface area contributed by atoms with Crippen LogP contribution in [0.1, 0.15) is 6.42 Å². The Kier molecular flexibility index (Phi) is 4.20. The summed E-state index contributed by atoms with van der Waals surface area (Å²) in [4.78, 5) is 21.6. The van der Waals surface area contributed by atoms with Gasteiger partial charge in [-0.1, -0.05) is 12.1 Å². The van der Waals surface area contributed by atoms with Crippen molar-refractivity contribution in [1.82, 2.24) is 0 Å². The van der Waals surface area contributed by atoms with Gasteiger partial charge in [0, 0.05) is 12.5 Å². The van der Waals surface area contributed by atoms with Crippen LogP contribution in [0.2, 0.25) is 0 Å². The fourth-order valence-electron chi connectivity index (χ4n) is 1.18. The number of nitro groups is 1. The van der Waals surface area contributed by atoms with Crippen molar-refractivity contribution in [3.63, 3.8) is 0 Å². The Labute approximate surface area is 98.0 Å². The molecule has 17 heavy (non-hydrogen) atoms. The van der Waals surface area contributed by atoms with E-state index in [1.165, 1.54) is 18.2 Å². The smallest absolute Gasteiger partial charge is 0.292 e. The van der Waals surface area contributed by atoms with E-state index < -0.39 is 16.9 Å². The Hall–Kier alpha value is -2.39. The molecule has 0 aromatic heterocycles. The zero-order chi connectivity index (χ0) is 12.8. The van der Waals surface area contributed by atoms with Gasteiger partial charge in [-0.3, -0.25) is 14.9 Å². The van der Waals surface area contributed by atoms with Crippen molar-refractivity contribution in [2.75, 3.05) is 5.32 Å². The normalized spacial score (nSPS) is 11.3. The number of benzene rings is 1. The highest BCUT2D eigenvalue weighted by atomic mass is 16.6. The number of terminal acetylenes is 1. The van der Waals surface area contributed by atoms with E-state index in [9.17, 15) is 14.9 Å². The van der Waals surface area contributed by atoms with Gasteiger partial charge in [0.2, 0.25) is 5.91 Å². The fourth-order valence-corrected chi connectivity index (χ4v) is 1.18. The lowest BCUT2D eigenvalue weighted by Crippen LogP contribution is -2.35. The van der Waals surface area contributed by atoms with Gasteiger partial charge >= 0.3 is 0 Å². The highest BCUT2D eigenvalue weighted by Gasteiger charge is 2.18. The molecule has 0 heterocycles. The highest BCUT2D eigenvalue weighted by molar-refractivity contribution is 5.96. The van der Waals surface area contributed by atoms with Gasteiger partial charge < -0.3 is 11.1 Å². The van der Waals surface area contributed by atoms with Gasteiger partial charge in [0.15, 0.2) is 0 Å². The summed E-state index contributed by atoms with van der Waals surface area (Å²) in [7, 11) is 0. The number of carbonyl (C=O) groups is 1. The first-order valence-corrected chi connectivity index (χ1v) is 4.79. The molecule has 1 aromatic carbocycles. The molecular weight excluding hydrogens is 222 g/mol. The van der Waals surface area contributed by atoms with Crippen LogP contribution in [0.5, 0.6) is 0 Å². The number of amides is 1.